The van der Waals surface area contributed by atoms with Crippen LogP contribution in [0, 0.1) is 0 Å². The number of anilines is 2. The van der Waals surface area contributed by atoms with Gasteiger partial charge in [-0.1, -0.05) is 29.3 Å². The van der Waals surface area contributed by atoms with Crippen LogP contribution in [-0.4, -0.2) is 28.5 Å². The summed E-state index contributed by atoms with van der Waals surface area (Å²) in [5.74, 6) is -1.51. The van der Waals surface area contributed by atoms with Gasteiger partial charge in [-0.05, 0) is 12.1 Å². The van der Waals surface area contributed by atoms with Crippen molar-refractivity contribution in [3.63, 3.8) is 0 Å². The van der Waals surface area contributed by atoms with E-state index in [4.69, 9.17) is 33.7 Å². The van der Waals surface area contributed by atoms with Crippen LogP contribution in [-0.2, 0) is 9.53 Å². The van der Waals surface area contributed by atoms with Gasteiger partial charge in [0.1, 0.15) is 0 Å². The van der Waals surface area contributed by atoms with Crippen LogP contribution >= 0.6 is 23.2 Å². The number of ether oxygens (including phenoxy) is 1. The number of halogens is 2. The van der Waals surface area contributed by atoms with Crippen molar-refractivity contribution < 1.29 is 14.3 Å². The van der Waals surface area contributed by atoms with Gasteiger partial charge in [-0.15, -0.1) is 0 Å². The number of rotatable bonds is 4. The molecule has 0 unspecified atom stereocenters. The van der Waals surface area contributed by atoms with Crippen LogP contribution in [0.2, 0.25) is 10.0 Å². The monoisotopic (exact) mass is 340 g/mol. The molecule has 1 heterocycles. The van der Waals surface area contributed by atoms with Gasteiger partial charge < -0.3 is 15.8 Å². The molecule has 0 saturated carbocycles. The number of carbonyl (C=O) groups excluding carboxylic acids is 2. The Kier molecular flexibility index (Phi) is 5.13. The lowest BCUT2D eigenvalue weighted by Gasteiger charge is -2.09. The summed E-state index contributed by atoms with van der Waals surface area (Å²) in [6.07, 6.45) is 2.62. The van der Waals surface area contributed by atoms with Gasteiger partial charge in [0, 0.05) is 12.4 Å². The molecule has 2 rings (SSSR count). The molecule has 0 radical (unpaired) electrons. The molecule has 0 fully saturated rings. The first kappa shape index (κ1) is 16.0. The van der Waals surface area contributed by atoms with Crippen molar-refractivity contribution >= 4 is 46.6 Å². The second-order valence-corrected chi connectivity index (χ2v) is 4.80. The van der Waals surface area contributed by atoms with E-state index in [9.17, 15) is 9.59 Å². The highest BCUT2D eigenvalue weighted by Gasteiger charge is 2.16. The summed E-state index contributed by atoms with van der Waals surface area (Å²) >= 11 is 11.8. The van der Waals surface area contributed by atoms with E-state index >= 15 is 0 Å². The smallest absolute Gasteiger partial charge is 0.361 e. The average molecular weight is 341 g/mol. The highest BCUT2D eigenvalue weighted by molar-refractivity contribution is 6.44. The van der Waals surface area contributed by atoms with Crippen molar-refractivity contribution in [3.8, 4) is 0 Å². The number of benzene rings is 1. The number of nitrogens with zero attached hydrogens (tertiary/aromatic N) is 2. The molecule has 0 aliphatic carbocycles. The van der Waals surface area contributed by atoms with Gasteiger partial charge in [-0.25, -0.2) is 14.8 Å². The van der Waals surface area contributed by atoms with Gasteiger partial charge in [0.05, 0.1) is 15.7 Å². The number of hydrogen-bond acceptors (Lipinski definition) is 6. The Balaban J connectivity index is 1.95. The van der Waals surface area contributed by atoms with Crippen molar-refractivity contribution in [3.05, 3.63) is 46.3 Å². The minimum Gasteiger partial charge on any atom is -0.451 e. The molecule has 0 atom stereocenters. The zero-order chi connectivity index (χ0) is 16.1. The zero-order valence-electron chi connectivity index (χ0n) is 11.0. The number of esters is 1. The van der Waals surface area contributed by atoms with Gasteiger partial charge in [0.2, 0.25) is 0 Å². The first-order valence-corrected chi connectivity index (χ1v) is 6.72. The third-order valence-corrected chi connectivity index (χ3v) is 3.30. The third-order valence-electron chi connectivity index (χ3n) is 2.48. The molecule has 1 amide bonds. The lowest BCUT2D eigenvalue weighted by atomic mass is 10.3. The fourth-order valence-corrected chi connectivity index (χ4v) is 1.84. The first-order chi connectivity index (χ1) is 10.5. The maximum Gasteiger partial charge on any atom is 0.361 e. The topological polar surface area (TPSA) is 107 Å². The standard InChI is InChI=1S/C13H10Cl2N4O3/c14-7-2-1-3-8(10(7)15)19-9(20)6-22-13(21)11-12(16)18-5-4-17-11/h1-5H,6H2,(H2,16,18)(H,19,20). The molecular weight excluding hydrogens is 331 g/mol. The predicted molar refractivity (Wildman–Crippen MR) is 81.8 cm³/mol. The highest BCUT2D eigenvalue weighted by Crippen LogP contribution is 2.29. The lowest BCUT2D eigenvalue weighted by Crippen LogP contribution is -2.22. The van der Waals surface area contributed by atoms with E-state index in [1.54, 1.807) is 18.2 Å². The van der Waals surface area contributed by atoms with E-state index in [0.29, 0.717) is 10.7 Å². The molecule has 3 N–H and O–H groups in total. The molecule has 0 saturated heterocycles. The lowest BCUT2D eigenvalue weighted by molar-refractivity contribution is -0.119. The fourth-order valence-electron chi connectivity index (χ4n) is 1.49. The molecule has 0 spiro atoms. The second-order valence-electron chi connectivity index (χ2n) is 4.02. The van der Waals surface area contributed by atoms with E-state index in [-0.39, 0.29) is 16.5 Å². The minimum absolute atomic E-state index is 0.0780. The van der Waals surface area contributed by atoms with E-state index in [1.165, 1.54) is 12.4 Å². The van der Waals surface area contributed by atoms with Gasteiger partial charge in [-0.2, -0.15) is 0 Å². The Bertz CT molecular complexity index is 724. The Morgan fingerprint density at radius 3 is 2.68 bits per heavy atom. The quantitative estimate of drug-likeness (QED) is 0.825. The number of nitrogen functional groups attached to an aromatic ring is 1. The van der Waals surface area contributed by atoms with Crippen LogP contribution in [0.4, 0.5) is 11.5 Å². The predicted octanol–water partition coefficient (Wildman–Crippen LogP) is 2.16. The Labute approximate surface area is 135 Å². The van der Waals surface area contributed by atoms with E-state index in [2.05, 4.69) is 15.3 Å². The van der Waals surface area contributed by atoms with Crippen molar-refractivity contribution in [2.24, 2.45) is 0 Å². The zero-order valence-corrected chi connectivity index (χ0v) is 12.6. The van der Waals surface area contributed by atoms with E-state index in [1.807, 2.05) is 0 Å². The first-order valence-electron chi connectivity index (χ1n) is 5.96. The van der Waals surface area contributed by atoms with Crippen molar-refractivity contribution in [1.82, 2.24) is 9.97 Å². The summed E-state index contributed by atoms with van der Waals surface area (Å²) in [5, 5.41) is 2.96. The number of nitrogens with one attached hydrogen (secondary N) is 1. The summed E-state index contributed by atoms with van der Waals surface area (Å²) in [4.78, 5) is 30.9. The van der Waals surface area contributed by atoms with Crippen molar-refractivity contribution in [1.29, 1.82) is 0 Å². The Morgan fingerprint density at radius 1 is 1.23 bits per heavy atom. The highest BCUT2D eigenvalue weighted by atomic mass is 35.5. The van der Waals surface area contributed by atoms with Crippen LogP contribution < -0.4 is 11.1 Å². The number of aromatic nitrogens is 2. The summed E-state index contributed by atoms with van der Waals surface area (Å²) in [6, 6.07) is 4.76. The number of carbonyl (C=O) groups is 2. The largest absolute Gasteiger partial charge is 0.451 e. The molecule has 7 nitrogen and oxygen atoms in total. The normalized spacial score (nSPS) is 10.1. The second kappa shape index (κ2) is 7.06. The summed E-state index contributed by atoms with van der Waals surface area (Å²) in [7, 11) is 0. The number of nitrogens with two attached hydrogens (primary N) is 1. The molecule has 22 heavy (non-hydrogen) atoms. The molecule has 9 heteroatoms. The van der Waals surface area contributed by atoms with Gasteiger partial charge in [0.15, 0.2) is 18.1 Å². The van der Waals surface area contributed by atoms with E-state index in [0.717, 1.165) is 0 Å². The molecule has 1 aromatic heterocycles. The van der Waals surface area contributed by atoms with Crippen LogP contribution in [0.15, 0.2) is 30.6 Å². The van der Waals surface area contributed by atoms with Gasteiger partial charge in [-0.3, -0.25) is 4.79 Å². The molecule has 0 aliphatic heterocycles. The minimum atomic E-state index is -0.849. The van der Waals surface area contributed by atoms with Crippen molar-refractivity contribution in [2.75, 3.05) is 17.7 Å². The van der Waals surface area contributed by atoms with Crippen molar-refractivity contribution in [2.45, 2.75) is 0 Å². The Hall–Kier alpha value is -2.38. The fraction of sp³-hybridized carbons (Fsp3) is 0.0769. The summed E-state index contributed by atoms with van der Waals surface area (Å²) < 4.78 is 4.80. The molecule has 0 aliphatic rings. The number of hydrogen-bond donors (Lipinski definition) is 2. The molecule has 2 aromatic rings. The van der Waals surface area contributed by atoms with Crippen LogP contribution in [0.25, 0.3) is 0 Å². The van der Waals surface area contributed by atoms with E-state index < -0.39 is 18.5 Å². The maximum atomic E-state index is 11.7. The average Bonchev–Trinajstić information content (AvgIpc) is 2.50. The van der Waals surface area contributed by atoms with Gasteiger partial charge >= 0.3 is 5.97 Å². The Morgan fingerprint density at radius 2 is 1.95 bits per heavy atom. The molecular formula is C13H10Cl2N4O3. The van der Waals surface area contributed by atoms with Crippen LogP contribution in [0.1, 0.15) is 10.5 Å². The molecule has 0 bridgehead atoms. The maximum absolute atomic E-state index is 11.7. The third kappa shape index (κ3) is 3.84. The van der Waals surface area contributed by atoms with Crippen LogP contribution in [0.3, 0.4) is 0 Å². The summed E-state index contributed by atoms with van der Waals surface area (Å²) in [6.45, 7) is -0.530. The van der Waals surface area contributed by atoms with Gasteiger partial charge in [0.25, 0.3) is 5.91 Å². The molecule has 1 aromatic carbocycles. The SMILES string of the molecule is Nc1nccnc1C(=O)OCC(=O)Nc1cccc(Cl)c1Cl. The van der Waals surface area contributed by atoms with Crippen LogP contribution in [0.5, 0.6) is 0 Å². The number of amides is 1. The summed E-state index contributed by atoms with van der Waals surface area (Å²) in [5.41, 5.74) is 5.64. The molecule has 114 valence electrons.